The number of carbonyl (C=O) groups is 1. The molecular formula is C26H31N3O3S. The van der Waals surface area contributed by atoms with Gasteiger partial charge in [0.25, 0.3) is 0 Å². The predicted molar refractivity (Wildman–Crippen MR) is 134 cm³/mol. The number of sulfonamides is 1. The molecule has 0 bridgehead atoms. The van der Waals surface area contributed by atoms with Gasteiger partial charge in [-0.15, -0.1) is 0 Å². The standard InChI is InChI=1S/C26H31N3O3S/c1-20(2)23-8-12-25(13-9-23)29(33(3,31)32)18-4-5-26(30)28-24-10-6-21(7-11-24)19-22-14-16-27-17-15-22/h6-17,20H,4-5,18-19H2,1-3H3,(H,28,30). The number of hydrogen-bond acceptors (Lipinski definition) is 4. The van der Waals surface area contributed by atoms with Gasteiger partial charge in [0.15, 0.2) is 0 Å². The molecule has 0 fully saturated rings. The van der Waals surface area contributed by atoms with Crippen LogP contribution in [-0.4, -0.2) is 32.1 Å². The predicted octanol–water partition coefficient (Wildman–Crippen LogP) is 4.98. The topological polar surface area (TPSA) is 79.4 Å². The van der Waals surface area contributed by atoms with E-state index in [0.29, 0.717) is 18.0 Å². The highest BCUT2D eigenvalue weighted by molar-refractivity contribution is 7.92. The number of nitrogens with zero attached hydrogens (tertiary/aromatic N) is 2. The lowest BCUT2D eigenvalue weighted by molar-refractivity contribution is -0.116. The molecule has 1 amide bonds. The maximum Gasteiger partial charge on any atom is 0.232 e. The van der Waals surface area contributed by atoms with Crippen molar-refractivity contribution in [1.29, 1.82) is 0 Å². The maximum atomic E-state index is 12.4. The van der Waals surface area contributed by atoms with E-state index in [9.17, 15) is 13.2 Å². The van der Waals surface area contributed by atoms with Crippen molar-refractivity contribution in [2.45, 2.75) is 39.0 Å². The van der Waals surface area contributed by atoms with Gasteiger partial charge in [-0.1, -0.05) is 38.1 Å². The van der Waals surface area contributed by atoms with Crippen LogP contribution in [-0.2, 0) is 21.2 Å². The Bertz CT molecular complexity index is 1140. The molecule has 0 atom stereocenters. The molecule has 7 heteroatoms. The molecule has 0 unspecified atom stereocenters. The van der Waals surface area contributed by atoms with Crippen LogP contribution in [0.4, 0.5) is 11.4 Å². The maximum absolute atomic E-state index is 12.4. The van der Waals surface area contributed by atoms with E-state index in [2.05, 4.69) is 24.1 Å². The number of aromatic nitrogens is 1. The van der Waals surface area contributed by atoms with Crippen molar-refractivity contribution in [3.63, 3.8) is 0 Å². The first kappa shape index (κ1) is 24.5. The minimum Gasteiger partial charge on any atom is -0.326 e. The number of hydrogen-bond donors (Lipinski definition) is 1. The van der Waals surface area contributed by atoms with Crippen molar-refractivity contribution in [3.05, 3.63) is 89.7 Å². The zero-order valence-corrected chi connectivity index (χ0v) is 20.2. The largest absolute Gasteiger partial charge is 0.326 e. The first-order chi connectivity index (χ1) is 15.7. The quantitative estimate of drug-likeness (QED) is 0.458. The lowest BCUT2D eigenvalue weighted by atomic mass is 10.0. The zero-order chi connectivity index (χ0) is 23.8. The summed E-state index contributed by atoms with van der Waals surface area (Å²) in [5, 5.41) is 2.89. The van der Waals surface area contributed by atoms with Crippen LogP contribution in [0.25, 0.3) is 0 Å². The summed E-state index contributed by atoms with van der Waals surface area (Å²) in [4.78, 5) is 16.4. The summed E-state index contributed by atoms with van der Waals surface area (Å²) in [5.74, 6) is 0.236. The molecule has 0 radical (unpaired) electrons. The van der Waals surface area contributed by atoms with E-state index in [1.54, 1.807) is 12.4 Å². The summed E-state index contributed by atoms with van der Waals surface area (Å²) >= 11 is 0. The van der Waals surface area contributed by atoms with E-state index in [4.69, 9.17) is 0 Å². The average Bonchev–Trinajstić information content (AvgIpc) is 2.78. The van der Waals surface area contributed by atoms with Gasteiger partial charge < -0.3 is 5.32 Å². The Morgan fingerprint density at radius 1 is 0.939 bits per heavy atom. The third-order valence-corrected chi connectivity index (χ3v) is 6.60. The molecule has 0 saturated carbocycles. The van der Waals surface area contributed by atoms with Gasteiger partial charge in [0, 0.05) is 31.0 Å². The van der Waals surface area contributed by atoms with E-state index in [-0.39, 0.29) is 18.9 Å². The second-order valence-electron chi connectivity index (χ2n) is 8.46. The molecule has 2 aromatic carbocycles. The second-order valence-corrected chi connectivity index (χ2v) is 10.4. The molecule has 3 aromatic rings. The molecule has 33 heavy (non-hydrogen) atoms. The van der Waals surface area contributed by atoms with E-state index >= 15 is 0 Å². The molecule has 3 rings (SSSR count). The fourth-order valence-electron chi connectivity index (χ4n) is 3.56. The number of anilines is 2. The van der Waals surface area contributed by atoms with Crippen LogP contribution in [0, 0.1) is 0 Å². The first-order valence-corrected chi connectivity index (χ1v) is 12.9. The van der Waals surface area contributed by atoms with Gasteiger partial charge in [0.1, 0.15) is 0 Å². The molecule has 1 heterocycles. The Balaban J connectivity index is 1.52. The molecule has 0 aliphatic carbocycles. The summed E-state index contributed by atoms with van der Waals surface area (Å²) in [6, 6.07) is 19.2. The Morgan fingerprint density at radius 2 is 1.55 bits per heavy atom. The lowest BCUT2D eigenvalue weighted by Crippen LogP contribution is -2.31. The molecule has 0 spiro atoms. The second kappa shape index (κ2) is 11.1. The average molecular weight is 466 g/mol. The molecule has 0 aliphatic heterocycles. The highest BCUT2D eigenvalue weighted by Crippen LogP contribution is 2.22. The van der Waals surface area contributed by atoms with Gasteiger partial charge in [0.05, 0.1) is 11.9 Å². The van der Waals surface area contributed by atoms with E-state index in [1.165, 1.54) is 16.1 Å². The number of rotatable bonds is 10. The Hall–Kier alpha value is -3.19. The van der Waals surface area contributed by atoms with Crippen molar-refractivity contribution >= 4 is 27.3 Å². The summed E-state index contributed by atoms with van der Waals surface area (Å²) in [6.07, 6.45) is 6.19. The van der Waals surface area contributed by atoms with Crippen LogP contribution in [0.3, 0.4) is 0 Å². The van der Waals surface area contributed by atoms with Crippen LogP contribution < -0.4 is 9.62 Å². The lowest BCUT2D eigenvalue weighted by Gasteiger charge is -2.23. The van der Waals surface area contributed by atoms with E-state index in [1.807, 2.05) is 60.7 Å². The third-order valence-electron chi connectivity index (χ3n) is 5.41. The molecule has 6 nitrogen and oxygen atoms in total. The van der Waals surface area contributed by atoms with Crippen LogP contribution in [0.2, 0.25) is 0 Å². The Kier molecular flexibility index (Phi) is 8.22. The fourth-order valence-corrected chi connectivity index (χ4v) is 4.53. The van der Waals surface area contributed by atoms with Crippen LogP contribution in [0.1, 0.15) is 49.3 Å². The monoisotopic (exact) mass is 465 g/mol. The minimum absolute atomic E-state index is 0.138. The summed E-state index contributed by atoms with van der Waals surface area (Å²) < 4.78 is 26.0. The van der Waals surface area contributed by atoms with Crippen molar-refractivity contribution in [1.82, 2.24) is 4.98 Å². The fraction of sp³-hybridized carbons (Fsp3) is 0.308. The first-order valence-electron chi connectivity index (χ1n) is 11.1. The van der Waals surface area contributed by atoms with Gasteiger partial charge in [-0.3, -0.25) is 14.1 Å². The minimum atomic E-state index is -3.44. The SMILES string of the molecule is CC(C)c1ccc(N(CCCC(=O)Nc2ccc(Cc3ccncc3)cc2)S(C)(=O)=O)cc1. The van der Waals surface area contributed by atoms with Gasteiger partial charge in [-0.2, -0.15) is 0 Å². The summed E-state index contributed by atoms with van der Waals surface area (Å²) in [5.41, 5.74) is 4.82. The summed E-state index contributed by atoms with van der Waals surface area (Å²) in [6.45, 7) is 4.44. The normalized spacial score (nSPS) is 11.4. The number of amides is 1. The highest BCUT2D eigenvalue weighted by atomic mass is 32.2. The number of nitrogens with one attached hydrogen (secondary N) is 1. The summed E-state index contributed by atoms with van der Waals surface area (Å²) in [7, 11) is -3.44. The zero-order valence-electron chi connectivity index (χ0n) is 19.4. The molecule has 174 valence electrons. The van der Waals surface area contributed by atoms with Gasteiger partial charge in [-0.25, -0.2) is 8.42 Å². The van der Waals surface area contributed by atoms with Crippen molar-refractivity contribution in [3.8, 4) is 0 Å². The molecule has 1 aromatic heterocycles. The number of carbonyl (C=O) groups excluding carboxylic acids is 1. The van der Waals surface area contributed by atoms with Gasteiger partial charge in [0.2, 0.25) is 15.9 Å². The number of pyridine rings is 1. The van der Waals surface area contributed by atoms with Crippen LogP contribution in [0.15, 0.2) is 73.1 Å². The van der Waals surface area contributed by atoms with Crippen molar-refractivity contribution in [2.24, 2.45) is 0 Å². The molecule has 0 aliphatic rings. The van der Waals surface area contributed by atoms with Crippen molar-refractivity contribution in [2.75, 3.05) is 22.4 Å². The van der Waals surface area contributed by atoms with E-state index in [0.717, 1.165) is 23.2 Å². The molecule has 1 N–H and O–H groups in total. The smallest absolute Gasteiger partial charge is 0.232 e. The van der Waals surface area contributed by atoms with Crippen LogP contribution in [0.5, 0.6) is 0 Å². The molecule has 0 saturated heterocycles. The van der Waals surface area contributed by atoms with Crippen molar-refractivity contribution < 1.29 is 13.2 Å². The molecular weight excluding hydrogens is 434 g/mol. The van der Waals surface area contributed by atoms with E-state index < -0.39 is 10.0 Å². The van der Waals surface area contributed by atoms with Gasteiger partial charge >= 0.3 is 0 Å². The highest BCUT2D eigenvalue weighted by Gasteiger charge is 2.18. The Labute approximate surface area is 196 Å². The number of benzene rings is 2. The van der Waals surface area contributed by atoms with Gasteiger partial charge in [-0.05, 0) is 71.8 Å². The third kappa shape index (κ3) is 7.43. The Morgan fingerprint density at radius 3 is 2.12 bits per heavy atom. The van der Waals surface area contributed by atoms with Crippen LogP contribution >= 0.6 is 0 Å².